The summed E-state index contributed by atoms with van der Waals surface area (Å²) < 4.78 is 6.91. The number of rotatable bonds is 4. The first-order valence-corrected chi connectivity index (χ1v) is 7.89. The normalized spacial score (nSPS) is 12.0. The highest BCUT2D eigenvalue weighted by atomic mass is 32.1. The summed E-state index contributed by atoms with van der Waals surface area (Å²) in [5.41, 5.74) is 4.63. The fourth-order valence-electron chi connectivity index (χ4n) is 2.14. The zero-order chi connectivity index (χ0) is 18.2. The Morgan fingerprint density at radius 2 is 1.88 bits per heavy atom. The van der Waals surface area contributed by atoms with Gasteiger partial charge in [-0.15, -0.1) is 11.3 Å². The molecule has 2 N–H and O–H groups in total. The second-order valence-corrected chi connectivity index (χ2v) is 6.23. The highest BCUT2D eigenvalue weighted by molar-refractivity contribution is 7.12. The molecule has 24 heavy (non-hydrogen) atoms. The van der Waals surface area contributed by atoms with Crippen molar-refractivity contribution in [1.82, 2.24) is 9.13 Å². The molecule has 0 saturated carbocycles. The Hall–Kier alpha value is -2.68. The van der Waals surface area contributed by atoms with Gasteiger partial charge in [0.05, 0.1) is 0 Å². The molecule has 1 atom stereocenters. The van der Waals surface area contributed by atoms with Gasteiger partial charge in [-0.25, -0.2) is 9.59 Å². The smallest absolute Gasteiger partial charge is 0.349 e. The Labute approximate surface area is 141 Å². The maximum absolute atomic E-state index is 12.5. The average molecular weight is 351 g/mol. The first kappa shape index (κ1) is 17.7. The van der Waals surface area contributed by atoms with Crippen LogP contribution in [0.3, 0.4) is 0 Å². The van der Waals surface area contributed by atoms with Crippen LogP contribution in [0.4, 0.5) is 5.82 Å². The van der Waals surface area contributed by atoms with Crippen LogP contribution in [-0.2, 0) is 18.8 Å². The molecule has 2 rings (SSSR count). The van der Waals surface area contributed by atoms with Gasteiger partial charge in [-0.2, -0.15) is 0 Å². The van der Waals surface area contributed by atoms with Crippen molar-refractivity contribution in [3.63, 3.8) is 0 Å². The third-order valence-electron chi connectivity index (χ3n) is 3.66. The molecule has 2 aromatic heterocycles. The van der Waals surface area contributed by atoms with Gasteiger partial charge in [0, 0.05) is 14.1 Å². The van der Waals surface area contributed by atoms with E-state index in [0.717, 1.165) is 14.7 Å². The van der Waals surface area contributed by atoms with Crippen LogP contribution in [-0.4, -0.2) is 27.0 Å². The molecule has 0 spiro atoms. The van der Waals surface area contributed by atoms with Crippen molar-refractivity contribution >= 4 is 28.9 Å². The predicted octanol–water partition coefficient (Wildman–Crippen LogP) is 0.464. The molecule has 9 heteroatoms. The summed E-state index contributed by atoms with van der Waals surface area (Å²) in [5.74, 6) is -1.67. The second-order valence-electron chi connectivity index (χ2n) is 5.31. The highest BCUT2D eigenvalue weighted by Gasteiger charge is 2.28. The van der Waals surface area contributed by atoms with Gasteiger partial charge in [0.1, 0.15) is 16.3 Å². The third kappa shape index (κ3) is 2.90. The number of esters is 1. The van der Waals surface area contributed by atoms with Gasteiger partial charge in [-0.05, 0) is 30.9 Å². The van der Waals surface area contributed by atoms with Crippen LogP contribution < -0.4 is 17.0 Å². The molecule has 2 heterocycles. The lowest BCUT2D eigenvalue weighted by Crippen LogP contribution is -2.43. The fraction of sp³-hybridized carbons (Fsp3) is 0.333. The van der Waals surface area contributed by atoms with E-state index >= 15 is 0 Å². The van der Waals surface area contributed by atoms with Crippen LogP contribution in [0, 0.1) is 6.92 Å². The molecular formula is C15H17N3O5S. The number of aryl methyl sites for hydroxylation is 1. The molecule has 128 valence electrons. The van der Waals surface area contributed by atoms with Crippen molar-refractivity contribution in [2.45, 2.75) is 20.0 Å². The first-order valence-electron chi connectivity index (χ1n) is 7.01. The van der Waals surface area contributed by atoms with E-state index in [9.17, 15) is 19.2 Å². The van der Waals surface area contributed by atoms with Crippen LogP contribution >= 0.6 is 11.3 Å². The van der Waals surface area contributed by atoms with E-state index in [1.807, 2.05) is 0 Å². The number of carbonyl (C=O) groups is 2. The monoisotopic (exact) mass is 351 g/mol. The van der Waals surface area contributed by atoms with E-state index < -0.39 is 29.1 Å². The average Bonchev–Trinajstić information content (AvgIpc) is 2.97. The number of hydrogen-bond acceptors (Lipinski definition) is 7. The summed E-state index contributed by atoms with van der Waals surface area (Å²) in [6, 6.07) is 1.76. The van der Waals surface area contributed by atoms with Crippen molar-refractivity contribution in [3.05, 3.63) is 48.3 Å². The van der Waals surface area contributed by atoms with Crippen LogP contribution in [0.25, 0.3) is 0 Å². The molecular weight excluding hydrogens is 334 g/mol. The molecule has 0 aliphatic heterocycles. The van der Waals surface area contributed by atoms with Gasteiger partial charge < -0.3 is 10.5 Å². The number of Topliss-reactive ketones (excluding diaryl/α,β-unsaturated/α-hetero) is 1. The van der Waals surface area contributed by atoms with Gasteiger partial charge in [-0.3, -0.25) is 18.7 Å². The van der Waals surface area contributed by atoms with Gasteiger partial charge in [0.25, 0.3) is 5.56 Å². The molecule has 0 fully saturated rings. The zero-order valence-corrected chi connectivity index (χ0v) is 14.5. The van der Waals surface area contributed by atoms with Crippen LogP contribution in [0.15, 0.2) is 21.0 Å². The first-order chi connectivity index (χ1) is 11.2. The number of nitrogen functional groups attached to an aromatic ring is 1. The Kier molecular flexibility index (Phi) is 4.74. The number of ether oxygens (including phenoxy) is 1. The van der Waals surface area contributed by atoms with E-state index in [1.165, 1.54) is 32.4 Å². The molecule has 0 amide bonds. The summed E-state index contributed by atoms with van der Waals surface area (Å²) in [4.78, 5) is 49.0. The highest BCUT2D eigenvalue weighted by Crippen LogP contribution is 2.18. The maximum Gasteiger partial charge on any atom is 0.349 e. The van der Waals surface area contributed by atoms with E-state index in [4.69, 9.17) is 10.5 Å². The summed E-state index contributed by atoms with van der Waals surface area (Å²) in [5, 5.41) is 1.74. The van der Waals surface area contributed by atoms with Crippen molar-refractivity contribution in [2.24, 2.45) is 14.1 Å². The number of ketones is 1. The number of thiophene rings is 1. The zero-order valence-electron chi connectivity index (χ0n) is 13.7. The summed E-state index contributed by atoms with van der Waals surface area (Å²) in [6.07, 6.45) is -1.22. The Balaban J connectivity index is 2.36. The standard InChI is InChI=1S/C15H17N3O5S/c1-7-5-6-24-11(7)14(21)23-8(2)10(19)9-12(16)17(3)15(22)18(4)13(9)20/h5-6,8H,16H2,1-4H3/t8-/m1/s1. The predicted molar refractivity (Wildman–Crippen MR) is 89.6 cm³/mol. The van der Waals surface area contributed by atoms with Crippen LogP contribution in [0.2, 0.25) is 0 Å². The number of hydrogen-bond donors (Lipinski definition) is 1. The molecule has 0 aliphatic rings. The van der Waals surface area contributed by atoms with Gasteiger partial charge >= 0.3 is 11.7 Å². The number of anilines is 1. The minimum absolute atomic E-state index is 0.261. The van der Waals surface area contributed by atoms with E-state index in [-0.39, 0.29) is 11.4 Å². The summed E-state index contributed by atoms with van der Waals surface area (Å²) in [6.45, 7) is 3.10. The lowest BCUT2D eigenvalue weighted by molar-refractivity contribution is 0.0322. The topological polar surface area (TPSA) is 113 Å². The quantitative estimate of drug-likeness (QED) is 0.632. The molecule has 0 unspecified atom stereocenters. The number of nitrogens with zero attached hydrogens (tertiary/aromatic N) is 2. The van der Waals surface area contributed by atoms with E-state index in [2.05, 4.69) is 0 Å². The number of aromatic nitrogens is 2. The lowest BCUT2D eigenvalue weighted by atomic mass is 10.1. The molecule has 0 aromatic carbocycles. The van der Waals surface area contributed by atoms with Crippen molar-refractivity contribution in [2.75, 3.05) is 5.73 Å². The number of carbonyl (C=O) groups excluding carboxylic acids is 2. The Morgan fingerprint density at radius 3 is 2.42 bits per heavy atom. The summed E-state index contributed by atoms with van der Waals surface area (Å²) in [7, 11) is 2.59. The molecule has 0 bridgehead atoms. The minimum atomic E-state index is -1.22. The second kappa shape index (κ2) is 6.44. The Morgan fingerprint density at radius 1 is 1.25 bits per heavy atom. The molecule has 0 saturated heterocycles. The van der Waals surface area contributed by atoms with Gasteiger partial charge in [-0.1, -0.05) is 0 Å². The SMILES string of the molecule is Cc1ccsc1C(=O)O[C@H](C)C(=O)c1c(N)n(C)c(=O)n(C)c1=O. The Bertz CT molecular complexity index is 938. The van der Waals surface area contributed by atoms with Crippen LogP contribution in [0.1, 0.15) is 32.5 Å². The summed E-state index contributed by atoms with van der Waals surface area (Å²) >= 11 is 1.20. The van der Waals surface area contributed by atoms with Crippen molar-refractivity contribution < 1.29 is 14.3 Å². The van der Waals surface area contributed by atoms with Gasteiger partial charge in [0.15, 0.2) is 6.10 Å². The largest absolute Gasteiger partial charge is 0.450 e. The molecule has 0 aliphatic carbocycles. The fourth-order valence-corrected chi connectivity index (χ4v) is 2.95. The van der Waals surface area contributed by atoms with E-state index in [0.29, 0.717) is 4.88 Å². The number of nitrogens with two attached hydrogens (primary N) is 1. The van der Waals surface area contributed by atoms with Crippen molar-refractivity contribution in [1.29, 1.82) is 0 Å². The van der Waals surface area contributed by atoms with Gasteiger partial charge in [0.2, 0.25) is 5.78 Å². The lowest BCUT2D eigenvalue weighted by Gasteiger charge is -2.15. The molecule has 0 radical (unpaired) electrons. The maximum atomic E-state index is 12.5. The molecule has 2 aromatic rings. The third-order valence-corrected chi connectivity index (χ3v) is 4.65. The minimum Gasteiger partial charge on any atom is -0.450 e. The van der Waals surface area contributed by atoms with Crippen LogP contribution in [0.5, 0.6) is 0 Å². The van der Waals surface area contributed by atoms with E-state index in [1.54, 1.807) is 18.4 Å². The molecule has 8 nitrogen and oxygen atoms in total. The van der Waals surface area contributed by atoms with Crippen molar-refractivity contribution in [3.8, 4) is 0 Å².